The molecule has 7 heteroatoms. The molecular weight excluding hydrogens is 602 g/mol. The van der Waals surface area contributed by atoms with Crippen LogP contribution in [0.2, 0.25) is 29.6 Å². The van der Waals surface area contributed by atoms with E-state index in [0.29, 0.717) is 0 Å². The van der Waals surface area contributed by atoms with E-state index in [9.17, 15) is 0 Å². The Hall–Kier alpha value is 0.167. The zero-order chi connectivity index (χ0) is 20.0. The summed E-state index contributed by atoms with van der Waals surface area (Å²) in [5.74, 6) is 0. The third-order valence-corrected chi connectivity index (χ3v) is 26.0. The predicted octanol–water partition coefficient (Wildman–Crippen LogP) is 7.06. The van der Waals surface area contributed by atoms with Crippen LogP contribution >= 0.6 is 34.8 Å². The van der Waals surface area contributed by atoms with Crippen LogP contribution < -0.4 is 2.89 Å². The summed E-state index contributed by atoms with van der Waals surface area (Å²) < 4.78 is 12.2. The topological polar surface area (TPSA) is 25.8 Å². The van der Waals surface area contributed by atoms with Crippen molar-refractivity contribution >= 4 is 90.4 Å². The first kappa shape index (κ1) is 21.9. The van der Waals surface area contributed by atoms with Gasteiger partial charge < -0.3 is 0 Å². The molecule has 0 atom stereocenters. The van der Waals surface area contributed by atoms with Crippen LogP contribution in [0.3, 0.4) is 0 Å². The summed E-state index contributed by atoms with van der Waals surface area (Å²) in [5.41, 5.74) is 4.26. The van der Waals surface area contributed by atoms with Crippen molar-refractivity contribution in [1.82, 2.24) is 8.75 Å². The van der Waals surface area contributed by atoms with E-state index in [-0.39, 0.29) is 0 Å². The van der Waals surface area contributed by atoms with Crippen LogP contribution in [0.4, 0.5) is 0 Å². The number of aromatic nitrogens is 2. The summed E-state index contributed by atoms with van der Waals surface area (Å²) in [7, 11) is 0. The van der Waals surface area contributed by atoms with E-state index in [2.05, 4.69) is 75.8 Å². The Morgan fingerprint density at radius 3 is 2.19 bits per heavy atom. The van der Waals surface area contributed by atoms with Crippen molar-refractivity contribution in [3.8, 4) is 10.4 Å². The summed E-state index contributed by atoms with van der Waals surface area (Å²) in [4.78, 5) is 16.9. The molecule has 0 bridgehead atoms. The van der Waals surface area contributed by atoms with Crippen LogP contribution in [0.25, 0.3) is 26.4 Å². The number of rotatable bonds is 6. The molecule has 0 saturated heterocycles. The fourth-order valence-electron chi connectivity index (χ4n) is 2.53. The normalized spacial score (nSPS) is 12.5. The molecule has 0 aliphatic rings. The zero-order valence-electron chi connectivity index (χ0n) is 16.8. The molecule has 142 valence electrons. The summed E-state index contributed by atoms with van der Waals surface area (Å²) in [6, 6.07) is 8.95. The Balaban J connectivity index is 2.00. The van der Waals surface area contributed by atoms with E-state index in [1.165, 1.54) is 25.1 Å². The second-order valence-corrected chi connectivity index (χ2v) is 42.6. The average molecular weight is 628 g/mol. The van der Waals surface area contributed by atoms with Gasteiger partial charge in [-0.1, -0.05) is 0 Å². The molecule has 0 radical (unpaired) electrons. The fraction of sp³-hybridized carbons (Fsp3) is 0.300. The fourth-order valence-corrected chi connectivity index (χ4v) is 14.0. The van der Waals surface area contributed by atoms with Crippen LogP contribution in [0, 0.1) is 0 Å². The van der Waals surface area contributed by atoms with E-state index in [1.807, 2.05) is 11.3 Å². The zero-order valence-corrected chi connectivity index (χ0v) is 25.0. The summed E-state index contributed by atoms with van der Waals surface area (Å²) >= 11 is 0.775. The van der Waals surface area contributed by atoms with Gasteiger partial charge in [0.1, 0.15) is 0 Å². The molecule has 2 heterocycles. The molecule has 2 aromatic heterocycles. The number of hydrogen-bond donors (Lipinski definition) is 0. The van der Waals surface area contributed by atoms with E-state index < -0.39 is 36.8 Å². The Morgan fingerprint density at radius 1 is 0.926 bits per heavy atom. The van der Waals surface area contributed by atoms with Crippen molar-refractivity contribution in [3.63, 3.8) is 0 Å². The summed E-state index contributed by atoms with van der Waals surface area (Å²) in [6.45, 7) is 8.65. The summed E-state index contributed by atoms with van der Waals surface area (Å²) in [5, 5.41) is 0. The van der Waals surface area contributed by atoms with Gasteiger partial charge in [-0.25, -0.2) is 0 Å². The first-order valence-corrected chi connectivity index (χ1v) is 31.2. The maximum atomic E-state index is 4.63. The van der Waals surface area contributed by atoms with Crippen LogP contribution in [-0.4, -0.2) is 45.5 Å². The summed E-state index contributed by atoms with van der Waals surface area (Å²) in [6.07, 6.45) is 0. The van der Waals surface area contributed by atoms with Crippen molar-refractivity contribution in [1.29, 1.82) is 0 Å². The van der Waals surface area contributed by atoms with Crippen molar-refractivity contribution in [2.45, 2.75) is 29.6 Å². The molecule has 0 aliphatic heterocycles. The third kappa shape index (κ3) is 4.84. The molecule has 3 aromatic rings. The van der Waals surface area contributed by atoms with Gasteiger partial charge in [-0.05, 0) is 0 Å². The number of thiophene rings is 1. The van der Waals surface area contributed by atoms with Gasteiger partial charge >= 0.3 is 185 Å². The predicted molar refractivity (Wildman–Crippen MR) is 133 cm³/mol. The number of nitrogens with zero attached hydrogens (tertiary/aromatic N) is 2. The minimum absolute atomic E-state index is 0.973. The van der Waals surface area contributed by atoms with Crippen molar-refractivity contribution in [3.05, 3.63) is 45.9 Å². The van der Waals surface area contributed by atoms with Crippen molar-refractivity contribution < 1.29 is 0 Å². The number of fused-ring (bicyclic) bond motifs is 1. The molecule has 0 N–H and O–H groups in total. The second-order valence-electron chi connectivity index (χ2n) is 8.73. The van der Waals surface area contributed by atoms with E-state index in [4.69, 9.17) is 0 Å². The second kappa shape index (κ2) is 8.12. The Labute approximate surface area is 183 Å². The van der Waals surface area contributed by atoms with Gasteiger partial charge in [0, 0.05) is 0 Å². The molecule has 27 heavy (non-hydrogen) atoms. The SMILES string of the molecule is C=C(S[C](=C)[Sn]([CH3])([CH3])[CH3])c1ccc(-c2cc[c]([Sn]([CH3])([CH3])[CH3])s2)c2nsnc12. The molecule has 3 rings (SSSR count). The van der Waals surface area contributed by atoms with Crippen LogP contribution in [0.1, 0.15) is 5.56 Å². The first-order valence-electron chi connectivity index (χ1n) is 8.91. The maximum absolute atomic E-state index is 4.63. The molecule has 0 saturated carbocycles. The van der Waals surface area contributed by atoms with E-state index >= 15 is 0 Å². The van der Waals surface area contributed by atoms with Gasteiger partial charge in [-0.2, -0.15) is 0 Å². The number of benzene rings is 1. The molecule has 0 fully saturated rings. The van der Waals surface area contributed by atoms with Crippen LogP contribution in [0.15, 0.2) is 40.3 Å². The van der Waals surface area contributed by atoms with Gasteiger partial charge in [-0.15, -0.1) is 0 Å². The van der Waals surface area contributed by atoms with Gasteiger partial charge in [0.05, 0.1) is 0 Å². The standard InChI is InChI=1S/C14H8N2S3.6CH3.2Sn/c1-3-17-9(2)10-6-7-11(12-5-4-8-18-12)14-13(10)15-19-16-14;;;;;;;;/h4-7H,1-2H2;6*1H3;;. The van der Waals surface area contributed by atoms with Crippen LogP contribution in [0.5, 0.6) is 0 Å². The van der Waals surface area contributed by atoms with Crippen molar-refractivity contribution in [2.24, 2.45) is 0 Å². The van der Waals surface area contributed by atoms with E-state index in [1.54, 1.807) is 14.7 Å². The van der Waals surface area contributed by atoms with Gasteiger partial charge in [0.15, 0.2) is 0 Å². The van der Waals surface area contributed by atoms with Gasteiger partial charge in [0.2, 0.25) is 0 Å². The van der Waals surface area contributed by atoms with Gasteiger partial charge in [-0.3, -0.25) is 0 Å². The molecule has 0 unspecified atom stereocenters. The first-order chi connectivity index (χ1) is 12.5. The number of hydrogen-bond acceptors (Lipinski definition) is 5. The quantitative estimate of drug-likeness (QED) is 0.274. The number of thioether (sulfide) groups is 1. The molecule has 0 spiro atoms. The Morgan fingerprint density at radius 2 is 1.59 bits per heavy atom. The van der Waals surface area contributed by atoms with E-state index in [0.717, 1.165) is 21.5 Å². The van der Waals surface area contributed by atoms with Crippen molar-refractivity contribution in [2.75, 3.05) is 0 Å². The molecule has 0 amide bonds. The molecule has 1 aromatic carbocycles. The molecule has 0 aliphatic carbocycles. The van der Waals surface area contributed by atoms with Crippen LogP contribution in [-0.2, 0) is 0 Å². The molecular formula is C20H26N2S3Sn2. The Kier molecular flexibility index (Phi) is 6.58. The van der Waals surface area contributed by atoms with Gasteiger partial charge in [0.25, 0.3) is 0 Å². The Bertz CT molecular complexity index is 1020. The minimum atomic E-state index is -2.14. The molecule has 2 nitrogen and oxygen atoms in total. The third-order valence-electron chi connectivity index (χ3n) is 4.41. The monoisotopic (exact) mass is 630 g/mol. The average Bonchev–Trinajstić information content (AvgIpc) is 3.21.